The highest BCUT2D eigenvalue weighted by atomic mass is 32.2. The molecule has 4 saturated carbocycles. The summed E-state index contributed by atoms with van der Waals surface area (Å²) in [5.74, 6) is 2.54. The van der Waals surface area contributed by atoms with Crippen LogP contribution in [0, 0.1) is 50.7 Å². The predicted molar refractivity (Wildman–Crippen MR) is 189 cm³/mol. The average molecular weight is 663 g/mol. The first-order chi connectivity index (χ1) is 22.3. The molecule has 47 heavy (non-hydrogen) atoms. The Morgan fingerprint density at radius 2 is 1.64 bits per heavy atom. The Bertz CT molecular complexity index is 1470. The van der Waals surface area contributed by atoms with Gasteiger partial charge in [-0.3, -0.25) is 4.79 Å². The Morgan fingerprint density at radius 1 is 0.872 bits per heavy atom. The fourth-order valence-corrected chi connectivity index (χ4v) is 14.6. The van der Waals surface area contributed by atoms with Crippen molar-refractivity contribution in [1.29, 1.82) is 0 Å². The molecule has 1 saturated heterocycles. The van der Waals surface area contributed by atoms with Crippen LogP contribution in [0.2, 0.25) is 0 Å². The van der Waals surface area contributed by atoms with E-state index >= 15 is 0 Å². The van der Waals surface area contributed by atoms with Gasteiger partial charge in [0.1, 0.15) is 0 Å². The number of carboxylic acid groups (broad SMARTS) is 1. The SMILES string of the molecule is CC1(C)C(c2ccc(C(=O)O)cc2)=CCC2(C)C1CCC1(C)C2CCC2C3CCCC3(CNC(=O)CN3CCCCS3=O)CC[C@]21C. The van der Waals surface area contributed by atoms with Gasteiger partial charge in [0, 0.05) is 18.8 Å². The number of aromatic carboxylic acids is 1. The van der Waals surface area contributed by atoms with Crippen molar-refractivity contribution < 1.29 is 18.9 Å². The summed E-state index contributed by atoms with van der Waals surface area (Å²) in [6, 6.07) is 7.56. The number of carbonyl (C=O) groups excluding carboxylic acids is 1. The second kappa shape index (κ2) is 11.8. The van der Waals surface area contributed by atoms with Gasteiger partial charge < -0.3 is 10.4 Å². The van der Waals surface area contributed by atoms with Gasteiger partial charge in [0.2, 0.25) is 5.91 Å². The van der Waals surface area contributed by atoms with Crippen molar-refractivity contribution in [3.8, 4) is 0 Å². The van der Waals surface area contributed by atoms with Crippen LogP contribution < -0.4 is 5.32 Å². The van der Waals surface area contributed by atoms with Crippen molar-refractivity contribution in [2.75, 3.05) is 25.4 Å². The number of carboxylic acids is 1. The molecule has 2 N–H and O–H groups in total. The van der Waals surface area contributed by atoms with Gasteiger partial charge in [-0.1, -0.05) is 59.2 Å². The summed E-state index contributed by atoms with van der Waals surface area (Å²) in [7, 11) is -1.01. The molecule has 1 amide bonds. The first kappa shape index (κ1) is 33.5. The first-order valence-corrected chi connectivity index (χ1v) is 20.0. The van der Waals surface area contributed by atoms with Gasteiger partial charge in [-0.15, -0.1) is 0 Å². The number of amides is 1. The molecule has 5 fully saturated rings. The lowest BCUT2D eigenvalue weighted by atomic mass is 9.32. The van der Waals surface area contributed by atoms with Crippen LogP contribution in [0.4, 0.5) is 0 Å². The Balaban J connectivity index is 1.10. The molecular weight excluding hydrogens is 605 g/mol. The Hall–Kier alpha value is -1.99. The quantitative estimate of drug-likeness (QED) is 0.322. The molecule has 0 radical (unpaired) electrons. The molecule has 7 heteroatoms. The summed E-state index contributed by atoms with van der Waals surface area (Å²) in [6.07, 6.45) is 17.1. The summed E-state index contributed by atoms with van der Waals surface area (Å²) in [5, 5.41) is 12.8. The van der Waals surface area contributed by atoms with Gasteiger partial charge in [-0.2, -0.15) is 0 Å². The standard InChI is InChI=1S/C40H58N2O4S/c1-36(2)29(27-10-12-28(13-11-27)35(44)45)16-19-37(3)32(36)17-20-39(5)33(37)15-14-30-31-9-8-18-40(31,22-21-38(30,39)4)26-41-34(43)25-42-23-6-7-24-47(42)46/h10-13,16,30-33H,6-9,14-15,17-26H2,1-5H3,(H,41,43)(H,44,45)/t30?,31?,32?,33?,37?,38-,39?,40?,47?/m1/s1. The van der Waals surface area contributed by atoms with E-state index in [1.165, 1.54) is 68.9 Å². The minimum Gasteiger partial charge on any atom is -0.478 e. The van der Waals surface area contributed by atoms with Gasteiger partial charge in [-0.25, -0.2) is 13.3 Å². The lowest BCUT2D eigenvalue weighted by Crippen LogP contribution is -2.65. The van der Waals surface area contributed by atoms with Crippen LogP contribution in [-0.2, 0) is 15.8 Å². The number of allylic oxidation sites excluding steroid dienone is 2. The van der Waals surface area contributed by atoms with Crippen molar-refractivity contribution in [3.63, 3.8) is 0 Å². The van der Waals surface area contributed by atoms with Gasteiger partial charge >= 0.3 is 5.97 Å². The molecule has 1 aromatic carbocycles. The van der Waals surface area contributed by atoms with Crippen molar-refractivity contribution in [3.05, 3.63) is 41.5 Å². The largest absolute Gasteiger partial charge is 0.478 e. The molecule has 6 nitrogen and oxygen atoms in total. The molecule has 1 aromatic rings. The molecule has 1 aliphatic heterocycles. The zero-order valence-electron chi connectivity index (χ0n) is 29.5. The molecule has 0 spiro atoms. The monoisotopic (exact) mass is 662 g/mol. The van der Waals surface area contributed by atoms with E-state index in [1.807, 2.05) is 16.4 Å². The number of nitrogens with zero attached hydrogens (tertiary/aromatic N) is 1. The smallest absolute Gasteiger partial charge is 0.335 e. The lowest BCUT2D eigenvalue weighted by molar-refractivity contribution is -0.222. The van der Waals surface area contributed by atoms with Gasteiger partial charge in [-0.05, 0) is 145 Å². The van der Waals surface area contributed by atoms with E-state index in [0.717, 1.165) is 32.4 Å². The summed E-state index contributed by atoms with van der Waals surface area (Å²) < 4.78 is 14.3. The summed E-state index contributed by atoms with van der Waals surface area (Å²) in [4.78, 5) is 24.6. The summed E-state index contributed by atoms with van der Waals surface area (Å²) >= 11 is 0. The zero-order valence-corrected chi connectivity index (χ0v) is 30.4. The third-order valence-corrected chi connectivity index (χ3v) is 17.3. The zero-order chi connectivity index (χ0) is 33.4. The molecule has 9 atom stereocenters. The fraction of sp³-hybridized carbons (Fsp3) is 0.750. The number of nitrogens with one attached hydrogen (secondary N) is 1. The van der Waals surface area contributed by atoms with Crippen molar-refractivity contribution >= 4 is 28.4 Å². The van der Waals surface area contributed by atoms with Crippen LogP contribution in [0.15, 0.2) is 30.3 Å². The number of hydrogen-bond acceptors (Lipinski definition) is 3. The van der Waals surface area contributed by atoms with E-state index in [9.17, 15) is 18.9 Å². The summed E-state index contributed by atoms with van der Waals surface area (Å²) in [6.45, 7) is 14.7. The Morgan fingerprint density at radius 3 is 2.36 bits per heavy atom. The van der Waals surface area contributed by atoms with E-state index in [2.05, 4.69) is 46.0 Å². The second-order valence-corrected chi connectivity index (χ2v) is 19.4. The maximum atomic E-state index is 13.1. The maximum Gasteiger partial charge on any atom is 0.335 e. The normalized spacial score (nSPS) is 42.7. The predicted octanol–water partition coefficient (Wildman–Crippen LogP) is 8.11. The number of benzene rings is 1. The molecule has 1 heterocycles. The maximum absolute atomic E-state index is 13.1. The van der Waals surface area contributed by atoms with Gasteiger partial charge in [0.05, 0.1) is 23.1 Å². The van der Waals surface area contributed by atoms with Crippen molar-refractivity contribution in [2.45, 2.75) is 112 Å². The minimum atomic E-state index is -1.01. The van der Waals surface area contributed by atoms with E-state index in [4.69, 9.17) is 0 Å². The van der Waals surface area contributed by atoms with E-state index < -0.39 is 17.0 Å². The Labute approximate surface area is 285 Å². The lowest BCUT2D eigenvalue weighted by Gasteiger charge is -2.72. The van der Waals surface area contributed by atoms with Crippen LogP contribution in [0.3, 0.4) is 0 Å². The van der Waals surface area contributed by atoms with Gasteiger partial charge in [0.15, 0.2) is 0 Å². The Kier molecular flexibility index (Phi) is 8.42. The molecule has 7 rings (SSSR count). The van der Waals surface area contributed by atoms with E-state index in [1.54, 1.807) is 12.1 Å². The molecule has 0 aromatic heterocycles. The highest BCUT2D eigenvalue weighted by Crippen LogP contribution is 2.77. The number of rotatable bonds is 6. The molecular formula is C40H58N2O4S. The van der Waals surface area contributed by atoms with Crippen LogP contribution in [0.5, 0.6) is 0 Å². The average Bonchev–Trinajstić information content (AvgIpc) is 3.46. The highest BCUT2D eigenvalue weighted by Gasteiger charge is 2.69. The van der Waals surface area contributed by atoms with Crippen molar-refractivity contribution in [2.24, 2.45) is 50.7 Å². The number of fused-ring (bicyclic) bond motifs is 7. The van der Waals surface area contributed by atoms with E-state index in [0.29, 0.717) is 45.8 Å². The molecule has 258 valence electrons. The summed E-state index contributed by atoms with van der Waals surface area (Å²) in [5.41, 5.74) is 3.98. The molecule has 5 aliphatic carbocycles. The highest BCUT2D eigenvalue weighted by molar-refractivity contribution is 7.82. The topological polar surface area (TPSA) is 86.7 Å². The third kappa shape index (κ3) is 5.13. The third-order valence-electron chi connectivity index (χ3n) is 15.8. The minimum absolute atomic E-state index is 0.0169. The van der Waals surface area contributed by atoms with Crippen LogP contribution in [0.1, 0.15) is 128 Å². The van der Waals surface area contributed by atoms with Crippen LogP contribution in [0.25, 0.3) is 5.57 Å². The van der Waals surface area contributed by atoms with Crippen LogP contribution >= 0.6 is 0 Å². The molecule has 8 unspecified atom stereocenters. The van der Waals surface area contributed by atoms with Crippen molar-refractivity contribution in [1.82, 2.24) is 9.62 Å². The number of hydrogen-bond donors (Lipinski definition) is 2. The first-order valence-electron chi connectivity index (χ1n) is 18.7. The second-order valence-electron chi connectivity index (χ2n) is 17.8. The molecule has 0 bridgehead atoms. The fourth-order valence-electron chi connectivity index (χ4n) is 13.3. The van der Waals surface area contributed by atoms with Crippen LogP contribution in [-0.4, -0.2) is 50.9 Å². The molecule has 6 aliphatic rings. The number of carbonyl (C=O) groups is 2. The van der Waals surface area contributed by atoms with Gasteiger partial charge in [0.25, 0.3) is 0 Å². The van der Waals surface area contributed by atoms with E-state index in [-0.39, 0.29) is 28.7 Å².